The molecule has 90 valence electrons. The van der Waals surface area contributed by atoms with Crippen LogP contribution in [0.15, 0.2) is 5.38 Å². The summed E-state index contributed by atoms with van der Waals surface area (Å²) in [5.74, 6) is 0. The molecule has 0 amide bonds. The molecule has 1 aliphatic rings. The Hall–Kier alpha value is -0.610. The average molecular weight is 239 g/mol. The number of nitrogens with one attached hydrogen (secondary N) is 1. The van der Waals surface area contributed by atoms with Crippen molar-refractivity contribution in [2.24, 2.45) is 0 Å². The molecule has 0 aromatic carbocycles. The maximum Gasteiger partial charge on any atom is 0.185 e. The Balaban J connectivity index is 2.11. The Labute approximate surface area is 102 Å². The fourth-order valence-electron chi connectivity index (χ4n) is 1.79. The Kier molecular flexibility index (Phi) is 3.50. The van der Waals surface area contributed by atoms with Crippen molar-refractivity contribution < 1.29 is 0 Å². The van der Waals surface area contributed by atoms with Gasteiger partial charge in [-0.1, -0.05) is 20.8 Å². The molecule has 1 fully saturated rings. The van der Waals surface area contributed by atoms with E-state index in [4.69, 9.17) is 4.98 Å². The number of hydrogen-bond donors (Lipinski definition) is 1. The second-order valence-corrected chi connectivity index (χ2v) is 6.19. The van der Waals surface area contributed by atoms with E-state index in [-0.39, 0.29) is 5.41 Å². The van der Waals surface area contributed by atoms with Gasteiger partial charge in [0, 0.05) is 30.4 Å². The first-order valence-electron chi connectivity index (χ1n) is 5.99. The normalized spacial score (nSPS) is 18.6. The lowest BCUT2D eigenvalue weighted by Crippen LogP contribution is -2.27. The minimum absolute atomic E-state index is 0.166. The standard InChI is InChI=1S/C12H21N3S/c1-12(2,3)10-9-16-11(14-10)15-7-4-5-13-6-8-15/h9,13H,4-8H2,1-3H3. The van der Waals surface area contributed by atoms with E-state index in [1.165, 1.54) is 17.2 Å². The van der Waals surface area contributed by atoms with Gasteiger partial charge in [0.15, 0.2) is 5.13 Å². The Bertz CT molecular complexity index is 332. The van der Waals surface area contributed by atoms with Gasteiger partial charge in [0.05, 0.1) is 5.69 Å². The molecule has 2 heterocycles. The molecule has 3 nitrogen and oxygen atoms in total. The third-order valence-corrected chi connectivity index (χ3v) is 3.77. The molecule has 0 radical (unpaired) electrons. The van der Waals surface area contributed by atoms with Gasteiger partial charge in [-0.05, 0) is 13.0 Å². The van der Waals surface area contributed by atoms with E-state index < -0.39 is 0 Å². The zero-order valence-corrected chi connectivity index (χ0v) is 11.2. The summed E-state index contributed by atoms with van der Waals surface area (Å²) in [5.41, 5.74) is 1.38. The van der Waals surface area contributed by atoms with Gasteiger partial charge in [-0.25, -0.2) is 4.98 Å². The van der Waals surface area contributed by atoms with Gasteiger partial charge in [0.2, 0.25) is 0 Å². The van der Waals surface area contributed by atoms with Crippen LogP contribution in [0.1, 0.15) is 32.9 Å². The van der Waals surface area contributed by atoms with Crippen molar-refractivity contribution in [2.75, 3.05) is 31.1 Å². The topological polar surface area (TPSA) is 28.2 Å². The molecule has 4 heteroatoms. The molecular formula is C12H21N3S. The third-order valence-electron chi connectivity index (χ3n) is 2.87. The van der Waals surface area contributed by atoms with Crippen molar-refractivity contribution >= 4 is 16.5 Å². The highest BCUT2D eigenvalue weighted by atomic mass is 32.1. The molecule has 0 aliphatic carbocycles. The lowest BCUT2D eigenvalue weighted by atomic mass is 9.93. The summed E-state index contributed by atoms with van der Waals surface area (Å²) in [6.07, 6.45) is 1.21. The minimum atomic E-state index is 0.166. The fourth-order valence-corrected chi connectivity index (χ4v) is 2.90. The van der Waals surface area contributed by atoms with Gasteiger partial charge in [0.1, 0.15) is 0 Å². The molecule has 1 aromatic rings. The van der Waals surface area contributed by atoms with E-state index in [0.29, 0.717) is 0 Å². The molecule has 16 heavy (non-hydrogen) atoms. The van der Waals surface area contributed by atoms with E-state index in [2.05, 4.69) is 36.4 Å². The summed E-state index contributed by atoms with van der Waals surface area (Å²) in [4.78, 5) is 7.17. The monoisotopic (exact) mass is 239 g/mol. The van der Waals surface area contributed by atoms with Gasteiger partial charge in [0.25, 0.3) is 0 Å². The van der Waals surface area contributed by atoms with E-state index in [0.717, 1.165) is 26.2 Å². The molecule has 1 aliphatic heterocycles. The van der Waals surface area contributed by atoms with Gasteiger partial charge in [-0.15, -0.1) is 11.3 Å². The van der Waals surface area contributed by atoms with Crippen molar-refractivity contribution in [3.8, 4) is 0 Å². The average Bonchev–Trinajstić information content (AvgIpc) is 2.55. The lowest BCUT2D eigenvalue weighted by Gasteiger charge is -2.19. The van der Waals surface area contributed by atoms with Crippen molar-refractivity contribution in [3.05, 3.63) is 11.1 Å². The smallest absolute Gasteiger partial charge is 0.185 e. The van der Waals surface area contributed by atoms with Gasteiger partial charge in [-0.3, -0.25) is 0 Å². The lowest BCUT2D eigenvalue weighted by molar-refractivity contribution is 0.572. The third kappa shape index (κ3) is 2.74. The molecule has 0 saturated carbocycles. The number of nitrogens with zero attached hydrogens (tertiary/aromatic N) is 2. The number of anilines is 1. The van der Waals surface area contributed by atoms with Crippen LogP contribution in [0, 0.1) is 0 Å². The van der Waals surface area contributed by atoms with Crippen molar-refractivity contribution in [2.45, 2.75) is 32.6 Å². The highest BCUT2D eigenvalue weighted by molar-refractivity contribution is 7.13. The predicted octanol–water partition coefficient (Wildman–Crippen LogP) is 2.24. The minimum Gasteiger partial charge on any atom is -0.347 e. The van der Waals surface area contributed by atoms with Crippen molar-refractivity contribution in [1.29, 1.82) is 0 Å². The van der Waals surface area contributed by atoms with Crippen molar-refractivity contribution in [3.63, 3.8) is 0 Å². The van der Waals surface area contributed by atoms with E-state index in [9.17, 15) is 0 Å². The molecule has 0 bridgehead atoms. The Morgan fingerprint density at radius 2 is 2.12 bits per heavy atom. The van der Waals surface area contributed by atoms with Crippen LogP contribution in [0.5, 0.6) is 0 Å². The van der Waals surface area contributed by atoms with E-state index in [1.807, 2.05) is 0 Å². The number of rotatable bonds is 1. The molecule has 1 saturated heterocycles. The predicted molar refractivity (Wildman–Crippen MR) is 70.5 cm³/mol. The molecule has 1 N–H and O–H groups in total. The van der Waals surface area contributed by atoms with Crippen molar-refractivity contribution in [1.82, 2.24) is 10.3 Å². The highest BCUT2D eigenvalue weighted by Crippen LogP contribution is 2.28. The molecule has 2 rings (SSSR count). The quantitative estimate of drug-likeness (QED) is 0.814. The summed E-state index contributed by atoms with van der Waals surface area (Å²) in [6, 6.07) is 0. The summed E-state index contributed by atoms with van der Waals surface area (Å²) in [7, 11) is 0. The fraction of sp³-hybridized carbons (Fsp3) is 0.750. The maximum atomic E-state index is 4.76. The Morgan fingerprint density at radius 3 is 2.81 bits per heavy atom. The second kappa shape index (κ2) is 4.72. The van der Waals surface area contributed by atoms with Gasteiger partial charge in [-0.2, -0.15) is 0 Å². The molecular weight excluding hydrogens is 218 g/mol. The first-order valence-corrected chi connectivity index (χ1v) is 6.87. The Morgan fingerprint density at radius 1 is 1.31 bits per heavy atom. The summed E-state index contributed by atoms with van der Waals surface area (Å²) in [5, 5.41) is 6.81. The van der Waals surface area contributed by atoms with Crippen LogP contribution in [0.2, 0.25) is 0 Å². The summed E-state index contributed by atoms with van der Waals surface area (Å²) in [6.45, 7) is 11.1. The van der Waals surface area contributed by atoms with Crippen LogP contribution >= 0.6 is 11.3 Å². The SMILES string of the molecule is CC(C)(C)c1csc(N2CCCNCC2)n1. The van der Waals surface area contributed by atoms with Crippen LogP contribution in [0.25, 0.3) is 0 Å². The number of hydrogen-bond acceptors (Lipinski definition) is 4. The number of thiazole rings is 1. The summed E-state index contributed by atoms with van der Waals surface area (Å²) < 4.78 is 0. The van der Waals surface area contributed by atoms with Crippen LogP contribution in [-0.2, 0) is 5.41 Å². The van der Waals surface area contributed by atoms with Crippen LogP contribution in [0.3, 0.4) is 0 Å². The first-order chi connectivity index (χ1) is 7.57. The number of aromatic nitrogens is 1. The maximum absolute atomic E-state index is 4.76. The molecule has 0 atom stereocenters. The van der Waals surface area contributed by atoms with Crippen LogP contribution in [0.4, 0.5) is 5.13 Å². The van der Waals surface area contributed by atoms with Gasteiger partial charge >= 0.3 is 0 Å². The van der Waals surface area contributed by atoms with E-state index >= 15 is 0 Å². The summed E-state index contributed by atoms with van der Waals surface area (Å²) >= 11 is 1.78. The first kappa shape index (κ1) is 11.9. The van der Waals surface area contributed by atoms with Gasteiger partial charge < -0.3 is 10.2 Å². The molecule has 0 unspecified atom stereocenters. The van der Waals surface area contributed by atoms with E-state index in [1.54, 1.807) is 11.3 Å². The zero-order chi connectivity index (χ0) is 11.6. The highest BCUT2D eigenvalue weighted by Gasteiger charge is 2.20. The molecule has 1 aromatic heterocycles. The second-order valence-electron chi connectivity index (χ2n) is 5.36. The molecule has 0 spiro atoms. The largest absolute Gasteiger partial charge is 0.347 e. The van der Waals surface area contributed by atoms with Crippen LogP contribution in [-0.4, -0.2) is 31.2 Å². The van der Waals surface area contributed by atoms with Crippen LogP contribution < -0.4 is 10.2 Å². The zero-order valence-electron chi connectivity index (χ0n) is 10.4.